The van der Waals surface area contributed by atoms with E-state index in [-0.39, 0.29) is 11.2 Å². The van der Waals surface area contributed by atoms with Crippen LogP contribution in [0.3, 0.4) is 0 Å². The normalized spacial score (nSPS) is 17.6. The van der Waals surface area contributed by atoms with Gasteiger partial charge < -0.3 is 4.90 Å². The summed E-state index contributed by atoms with van der Waals surface area (Å²) >= 11 is 0. The lowest BCUT2D eigenvalue weighted by Gasteiger charge is -2.23. The fourth-order valence-electron chi connectivity index (χ4n) is 2.48. The SMILES string of the molecule is CC(=O)c1ccc(C#N)cc1N1CCC(C)(C)C1. The molecule has 3 nitrogen and oxygen atoms in total. The Bertz CT molecular complexity index is 526. The molecule has 1 aromatic rings. The molecule has 0 aromatic heterocycles. The summed E-state index contributed by atoms with van der Waals surface area (Å²) in [6.07, 6.45) is 1.11. The Morgan fingerprint density at radius 1 is 1.44 bits per heavy atom. The predicted octanol–water partition coefficient (Wildman–Crippen LogP) is 3.00. The average Bonchev–Trinajstić information content (AvgIpc) is 2.68. The van der Waals surface area contributed by atoms with Gasteiger partial charge in [-0.25, -0.2) is 0 Å². The Morgan fingerprint density at radius 2 is 2.17 bits per heavy atom. The highest BCUT2D eigenvalue weighted by atomic mass is 16.1. The highest BCUT2D eigenvalue weighted by Crippen LogP contribution is 2.34. The van der Waals surface area contributed by atoms with E-state index in [1.54, 1.807) is 19.1 Å². The minimum absolute atomic E-state index is 0.0548. The van der Waals surface area contributed by atoms with Crippen molar-refractivity contribution in [2.45, 2.75) is 27.2 Å². The zero-order valence-electron chi connectivity index (χ0n) is 11.2. The summed E-state index contributed by atoms with van der Waals surface area (Å²) in [7, 11) is 0. The van der Waals surface area contributed by atoms with E-state index in [4.69, 9.17) is 5.26 Å². The van der Waals surface area contributed by atoms with Crippen molar-refractivity contribution in [3.8, 4) is 6.07 Å². The number of hydrogen-bond donors (Lipinski definition) is 0. The predicted molar refractivity (Wildman–Crippen MR) is 71.8 cm³/mol. The van der Waals surface area contributed by atoms with Gasteiger partial charge in [0, 0.05) is 24.3 Å². The lowest BCUT2D eigenvalue weighted by atomic mass is 9.93. The standard InChI is InChI=1S/C15H18N2O/c1-11(18)13-5-4-12(9-16)8-14(13)17-7-6-15(2,3)10-17/h4-5,8H,6-7,10H2,1-3H3. The third kappa shape index (κ3) is 2.38. The van der Waals surface area contributed by atoms with Crippen LogP contribution in [0.4, 0.5) is 5.69 Å². The minimum atomic E-state index is 0.0548. The summed E-state index contributed by atoms with van der Waals surface area (Å²) in [6, 6.07) is 7.45. The third-order valence-corrected chi connectivity index (χ3v) is 3.52. The molecule has 0 amide bonds. The molecule has 0 aliphatic carbocycles. The van der Waals surface area contributed by atoms with Gasteiger partial charge in [0.25, 0.3) is 0 Å². The average molecular weight is 242 g/mol. The largest absolute Gasteiger partial charge is 0.370 e. The van der Waals surface area contributed by atoms with Crippen molar-refractivity contribution in [1.29, 1.82) is 5.26 Å². The number of carbonyl (C=O) groups excluding carboxylic acids is 1. The van der Waals surface area contributed by atoms with Gasteiger partial charge in [0.05, 0.1) is 11.6 Å². The van der Waals surface area contributed by atoms with Crippen LogP contribution in [0.1, 0.15) is 43.1 Å². The maximum atomic E-state index is 11.7. The summed E-state index contributed by atoms with van der Waals surface area (Å²) in [5.74, 6) is 0.0548. The summed E-state index contributed by atoms with van der Waals surface area (Å²) < 4.78 is 0. The molecule has 0 unspecified atom stereocenters. The van der Waals surface area contributed by atoms with Crippen molar-refractivity contribution in [2.75, 3.05) is 18.0 Å². The van der Waals surface area contributed by atoms with E-state index in [1.165, 1.54) is 0 Å². The minimum Gasteiger partial charge on any atom is -0.370 e. The quantitative estimate of drug-likeness (QED) is 0.749. The Labute approximate surface area is 108 Å². The molecule has 0 saturated carbocycles. The first kappa shape index (κ1) is 12.6. The van der Waals surface area contributed by atoms with E-state index in [9.17, 15) is 4.79 Å². The van der Waals surface area contributed by atoms with Crippen LogP contribution in [0.5, 0.6) is 0 Å². The second kappa shape index (κ2) is 4.45. The molecule has 0 bridgehead atoms. The lowest BCUT2D eigenvalue weighted by molar-refractivity contribution is 0.101. The van der Waals surface area contributed by atoms with Crippen LogP contribution in [-0.4, -0.2) is 18.9 Å². The first-order valence-electron chi connectivity index (χ1n) is 6.23. The smallest absolute Gasteiger partial charge is 0.161 e. The van der Waals surface area contributed by atoms with Crippen LogP contribution in [-0.2, 0) is 0 Å². The number of anilines is 1. The van der Waals surface area contributed by atoms with Crippen LogP contribution in [0.15, 0.2) is 18.2 Å². The molecule has 1 aromatic carbocycles. The number of carbonyl (C=O) groups is 1. The van der Waals surface area contributed by atoms with E-state index in [0.29, 0.717) is 11.1 Å². The molecule has 94 valence electrons. The monoisotopic (exact) mass is 242 g/mol. The van der Waals surface area contributed by atoms with E-state index >= 15 is 0 Å². The van der Waals surface area contributed by atoms with Crippen molar-refractivity contribution >= 4 is 11.5 Å². The number of hydrogen-bond acceptors (Lipinski definition) is 3. The van der Waals surface area contributed by atoms with E-state index in [1.807, 2.05) is 6.07 Å². The van der Waals surface area contributed by atoms with Gasteiger partial charge in [-0.15, -0.1) is 0 Å². The van der Waals surface area contributed by atoms with Gasteiger partial charge in [-0.05, 0) is 37.0 Å². The summed E-state index contributed by atoms with van der Waals surface area (Å²) in [4.78, 5) is 13.9. The number of rotatable bonds is 2. The van der Waals surface area contributed by atoms with Gasteiger partial charge in [-0.2, -0.15) is 5.26 Å². The second-order valence-electron chi connectivity index (χ2n) is 5.74. The van der Waals surface area contributed by atoms with E-state index in [0.717, 1.165) is 25.2 Å². The number of Topliss-reactive ketones (excluding diaryl/α,β-unsaturated/α-hetero) is 1. The molecule has 1 aliphatic rings. The Morgan fingerprint density at radius 3 is 2.67 bits per heavy atom. The maximum absolute atomic E-state index is 11.7. The van der Waals surface area contributed by atoms with Crippen molar-refractivity contribution in [3.05, 3.63) is 29.3 Å². The Hall–Kier alpha value is -1.82. The molecule has 0 N–H and O–H groups in total. The first-order valence-corrected chi connectivity index (χ1v) is 6.23. The number of nitriles is 1. The molecular formula is C15H18N2O. The lowest BCUT2D eigenvalue weighted by Crippen LogP contribution is -2.24. The van der Waals surface area contributed by atoms with Crippen molar-refractivity contribution in [1.82, 2.24) is 0 Å². The number of nitrogens with zero attached hydrogens (tertiary/aromatic N) is 2. The summed E-state index contributed by atoms with van der Waals surface area (Å²) in [5.41, 5.74) is 2.51. The summed E-state index contributed by atoms with van der Waals surface area (Å²) in [6.45, 7) is 7.92. The van der Waals surface area contributed by atoms with Gasteiger partial charge in [0.1, 0.15) is 0 Å². The molecule has 0 radical (unpaired) electrons. The van der Waals surface area contributed by atoms with Gasteiger partial charge in [-0.1, -0.05) is 13.8 Å². The van der Waals surface area contributed by atoms with Crippen LogP contribution in [0.25, 0.3) is 0 Å². The molecule has 0 atom stereocenters. The molecule has 1 saturated heterocycles. The summed E-state index contributed by atoms with van der Waals surface area (Å²) in [5, 5.41) is 8.98. The van der Waals surface area contributed by atoms with Crippen molar-refractivity contribution in [2.24, 2.45) is 5.41 Å². The topological polar surface area (TPSA) is 44.1 Å². The van der Waals surface area contributed by atoms with Gasteiger partial charge in [0.2, 0.25) is 0 Å². The first-order chi connectivity index (χ1) is 8.43. The molecule has 1 aliphatic heterocycles. The number of ketones is 1. The zero-order chi connectivity index (χ0) is 13.3. The Balaban J connectivity index is 2.42. The van der Waals surface area contributed by atoms with E-state index in [2.05, 4.69) is 24.8 Å². The molecule has 1 heterocycles. The fourth-order valence-corrected chi connectivity index (χ4v) is 2.48. The van der Waals surface area contributed by atoms with Crippen LogP contribution in [0, 0.1) is 16.7 Å². The second-order valence-corrected chi connectivity index (χ2v) is 5.74. The molecule has 1 fully saturated rings. The Kier molecular flexibility index (Phi) is 3.13. The van der Waals surface area contributed by atoms with Crippen LogP contribution < -0.4 is 4.90 Å². The van der Waals surface area contributed by atoms with Crippen molar-refractivity contribution in [3.63, 3.8) is 0 Å². The van der Waals surface area contributed by atoms with Crippen molar-refractivity contribution < 1.29 is 4.79 Å². The fraction of sp³-hybridized carbons (Fsp3) is 0.467. The van der Waals surface area contributed by atoms with Crippen LogP contribution >= 0.6 is 0 Å². The zero-order valence-corrected chi connectivity index (χ0v) is 11.2. The molecular weight excluding hydrogens is 224 g/mol. The molecule has 2 rings (SSSR count). The van der Waals surface area contributed by atoms with E-state index < -0.39 is 0 Å². The van der Waals surface area contributed by atoms with Gasteiger partial charge >= 0.3 is 0 Å². The number of benzene rings is 1. The third-order valence-electron chi connectivity index (χ3n) is 3.52. The highest BCUT2D eigenvalue weighted by Gasteiger charge is 2.30. The maximum Gasteiger partial charge on any atom is 0.161 e. The molecule has 18 heavy (non-hydrogen) atoms. The van der Waals surface area contributed by atoms with Gasteiger partial charge in [0.15, 0.2) is 5.78 Å². The molecule has 0 spiro atoms. The van der Waals surface area contributed by atoms with Crippen LogP contribution in [0.2, 0.25) is 0 Å². The molecule has 3 heteroatoms. The van der Waals surface area contributed by atoms with Gasteiger partial charge in [-0.3, -0.25) is 4.79 Å². The highest BCUT2D eigenvalue weighted by molar-refractivity contribution is 6.00.